The van der Waals surface area contributed by atoms with Crippen molar-refractivity contribution in [3.05, 3.63) is 0 Å². The molecular weight excluding hydrogens is 335 g/mol. The van der Waals surface area contributed by atoms with Crippen LogP contribution in [0.4, 0.5) is 8.68 Å². The van der Waals surface area contributed by atoms with Crippen molar-refractivity contribution >= 4 is 25.0 Å². The molecule has 1 aliphatic heterocycles. The lowest BCUT2D eigenvalue weighted by Crippen LogP contribution is -2.43. The van der Waals surface area contributed by atoms with E-state index >= 15 is 0 Å². The largest absolute Gasteiger partial charge is 0.558 e. The van der Waals surface area contributed by atoms with Crippen molar-refractivity contribution in [1.29, 1.82) is 0 Å². The topological polar surface area (TPSA) is 88.1 Å². The molecule has 1 saturated heterocycles. The first-order valence-corrected chi connectivity index (χ1v) is 11.1. The van der Waals surface area contributed by atoms with E-state index in [9.17, 15) is 17.1 Å². The molecule has 1 fully saturated rings. The van der Waals surface area contributed by atoms with E-state index in [2.05, 4.69) is 34.7 Å². The predicted octanol–water partition coefficient (Wildman–Crippen LogP) is 3.48. The van der Waals surface area contributed by atoms with Gasteiger partial charge in [0.25, 0.3) is 0 Å². The highest BCUT2D eigenvalue weighted by Crippen LogP contribution is 2.32. The summed E-state index contributed by atoms with van der Waals surface area (Å²) in [6, 6.07) is 4.05. The zero-order chi connectivity index (χ0) is 17.2. The minimum absolute atomic E-state index is 0.602. The van der Waals surface area contributed by atoms with Crippen LogP contribution in [0.3, 0.4) is 0 Å². The van der Waals surface area contributed by atoms with E-state index in [1.165, 1.54) is 37.4 Å². The number of hydrogen-bond acceptors (Lipinski definition) is 7. The fourth-order valence-electron chi connectivity index (χ4n) is 2.34. The van der Waals surface area contributed by atoms with E-state index in [0.29, 0.717) is 6.10 Å². The lowest BCUT2D eigenvalue weighted by molar-refractivity contribution is -0.224. The molecule has 0 aromatic heterocycles. The van der Waals surface area contributed by atoms with Crippen LogP contribution in [0.5, 0.6) is 0 Å². The molecule has 22 heavy (non-hydrogen) atoms. The first-order valence-electron chi connectivity index (χ1n) is 7.28. The van der Waals surface area contributed by atoms with E-state index in [4.69, 9.17) is 4.43 Å². The second-order valence-corrected chi connectivity index (χ2v) is 10.4. The molecule has 1 heterocycles. The van der Waals surface area contributed by atoms with Gasteiger partial charge in [0.05, 0.1) is 7.11 Å². The Bertz CT molecular complexity index is 425. The van der Waals surface area contributed by atoms with E-state index in [-0.39, 0.29) is 0 Å². The summed E-state index contributed by atoms with van der Waals surface area (Å²) in [5, 5.41) is 0. The molecule has 0 aromatic rings. The third kappa shape index (κ3) is 8.66. The quantitative estimate of drug-likeness (QED) is 0.321. The maximum Gasteiger partial charge on any atom is 0.558 e. The van der Waals surface area contributed by atoms with Crippen LogP contribution in [0.1, 0.15) is 40.0 Å². The summed E-state index contributed by atoms with van der Waals surface area (Å²) in [6.07, 6.45) is 2.77. The lowest BCUT2D eigenvalue weighted by atomic mass is 10.2. The van der Waals surface area contributed by atoms with Crippen LogP contribution < -0.4 is 0 Å². The summed E-state index contributed by atoms with van der Waals surface area (Å²) >= 11 is 0. The lowest BCUT2D eigenvalue weighted by Gasteiger charge is -2.38. The highest BCUT2D eigenvalue weighted by atomic mass is 32.3. The van der Waals surface area contributed by atoms with E-state index in [0.717, 1.165) is 7.11 Å². The van der Waals surface area contributed by atoms with Crippen molar-refractivity contribution in [2.24, 2.45) is 0 Å². The average Bonchev–Trinajstić information content (AvgIpc) is 2.46. The Morgan fingerprint density at radius 2 is 1.91 bits per heavy atom. The molecule has 132 valence electrons. The highest BCUT2D eigenvalue weighted by Gasteiger charge is 2.36. The molecular formula is C12H25FO7SSi. The van der Waals surface area contributed by atoms with Gasteiger partial charge in [-0.3, -0.25) is 9.07 Å². The molecule has 0 aliphatic carbocycles. The van der Waals surface area contributed by atoms with Crippen molar-refractivity contribution in [2.75, 3.05) is 7.11 Å². The van der Waals surface area contributed by atoms with E-state index < -0.39 is 25.0 Å². The standard InChI is InChI=1S/C10H22OSi.C2H3FO6S/c1-4-10-8-7-9-12(5-2,6-3)11-10;1-7-8-2(4)9-10(3,5)6/h10H,4-9H2,1-3H3;1H3. The zero-order valence-corrected chi connectivity index (χ0v) is 15.3. The molecule has 1 atom stereocenters. The van der Waals surface area contributed by atoms with Crippen LogP contribution in [-0.4, -0.2) is 36.1 Å². The number of carbonyl (C=O) groups is 1. The zero-order valence-electron chi connectivity index (χ0n) is 13.5. The number of halogens is 1. The summed E-state index contributed by atoms with van der Waals surface area (Å²) in [7, 11) is -5.59. The molecule has 0 bridgehead atoms. The van der Waals surface area contributed by atoms with Gasteiger partial charge in [0.1, 0.15) is 0 Å². The Balaban J connectivity index is 0.000000409. The van der Waals surface area contributed by atoms with Gasteiger partial charge in [0, 0.05) is 6.10 Å². The van der Waals surface area contributed by atoms with Gasteiger partial charge in [-0.2, -0.15) is 18.1 Å². The molecule has 0 amide bonds. The van der Waals surface area contributed by atoms with Gasteiger partial charge in [-0.1, -0.05) is 31.1 Å². The van der Waals surface area contributed by atoms with Gasteiger partial charge in [0.15, 0.2) is 8.32 Å². The molecule has 1 rings (SSSR count). The summed E-state index contributed by atoms with van der Waals surface area (Å²) in [6.45, 7) is 6.88. The second kappa shape index (κ2) is 10.1. The van der Waals surface area contributed by atoms with Gasteiger partial charge in [-0.05, 0) is 31.0 Å². The minimum Gasteiger partial charge on any atom is -0.414 e. The fraction of sp³-hybridized carbons (Fsp3) is 0.917. The first-order chi connectivity index (χ1) is 10.2. The van der Waals surface area contributed by atoms with Crippen LogP contribution in [-0.2, 0) is 28.9 Å². The van der Waals surface area contributed by atoms with E-state index in [1.807, 2.05) is 0 Å². The third-order valence-corrected chi connectivity index (χ3v) is 8.65. The van der Waals surface area contributed by atoms with Gasteiger partial charge >= 0.3 is 16.7 Å². The van der Waals surface area contributed by atoms with Crippen LogP contribution in [0, 0.1) is 0 Å². The molecule has 0 aromatic carbocycles. The van der Waals surface area contributed by atoms with Gasteiger partial charge in [0.2, 0.25) is 0 Å². The van der Waals surface area contributed by atoms with Crippen molar-refractivity contribution in [3.63, 3.8) is 0 Å². The Labute approximate surface area is 132 Å². The molecule has 0 spiro atoms. The van der Waals surface area contributed by atoms with E-state index in [1.54, 1.807) is 0 Å². The van der Waals surface area contributed by atoms with Crippen molar-refractivity contribution in [1.82, 2.24) is 0 Å². The van der Waals surface area contributed by atoms with Gasteiger partial charge < -0.3 is 4.43 Å². The smallest absolute Gasteiger partial charge is 0.414 e. The third-order valence-electron chi connectivity index (χ3n) is 3.64. The summed E-state index contributed by atoms with van der Waals surface area (Å²) < 4.78 is 39.6. The van der Waals surface area contributed by atoms with Gasteiger partial charge in [-0.15, -0.1) is 0 Å². The molecule has 0 saturated carbocycles. The normalized spacial score (nSPS) is 20.5. The number of carbonyl (C=O) groups excluding carboxylic acids is 1. The van der Waals surface area contributed by atoms with Crippen molar-refractivity contribution in [2.45, 2.75) is 64.3 Å². The minimum atomic E-state index is -5.30. The molecule has 1 aliphatic rings. The predicted molar refractivity (Wildman–Crippen MR) is 80.5 cm³/mol. The highest BCUT2D eigenvalue weighted by molar-refractivity contribution is 7.81. The molecule has 0 radical (unpaired) electrons. The molecule has 0 N–H and O–H groups in total. The Kier molecular flexibility index (Phi) is 9.81. The van der Waals surface area contributed by atoms with Crippen LogP contribution in [0.2, 0.25) is 18.1 Å². The first kappa shape index (κ1) is 21.3. The number of hydrogen-bond donors (Lipinski definition) is 0. The maximum absolute atomic E-state index is 11.4. The second-order valence-electron chi connectivity index (χ2n) is 4.91. The summed E-state index contributed by atoms with van der Waals surface area (Å²) in [4.78, 5) is 17.0. The molecule has 7 nitrogen and oxygen atoms in total. The summed E-state index contributed by atoms with van der Waals surface area (Å²) in [5.41, 5.74) is 0. The number of rotatable bonds is 5. The van der Waals surface area contributed by atoms with Crippen molar-refractivity contribution < 1.29 is 35.5 Å². The summed E-state index contributed by atoms with van der Waals surface area (Å²) in [5.74, 6) is 0. The fourth-order valence-corrected chi connectivity index (χ4v) is 6.03. The van der Waals surface area contributed by atoms with Crippen LogP contribution in [0.15, 0.2) is 0 Å². The average molecular weight is 360 g/mol. The Hall–Kier alpha value is -0.713. The maximum atomic E-state index is 11.4. The SMILES string of the molecule is CCC1CCC[Si](CC)(CC)O1.COOC(=O)OS(=O)(=O)F. The van der Waals surface area contributed by atoms with Crippen LogP contribution in [0.25, 0.3) is 0 Å². The molecule has 1 unspecified atom stereocenters. The Morgan fingerprint density at radius 1 is 1.32 bits per heavy atom. The molecule has 10 heteroatoms. The Morgan fingerprint density at radius 3 is 2.32 bits per heavy atom. The van der Waals surface area contributed by atoms with Crippen LogP contribution >= 0.6 is 0 Å². The van der Waals surface area contributed by atoms with Crippen molar-refractivity contribution in [3.8, 4) is 0 Å². The van der Waals surface area contributed by atoms with Gasteiger partial charge in [-0.25, -0.2) is 0 Å². The monoisotopic (exact) mass is 360 g/mol.